The van der Waals surface area contributed by atoms with Gasteiger partial charge in [-0.3, -0.25) is 0 Å². The molecule has 2 nitrogen and oxygen atoms in total. The number of ether oxygens (including phenoxy) is 1. The molecule has 1 saturated heterocycles. The highest BCUT2D eigenvalue weighted by Crippen LogP contribution is 2.64. The van der Waals surface area contributed by atoms with Gasteiger partial charge >= 0.3 is 0 Å². The van der Waals surface area contributed by atoms with Crippen LogP contribution in [0, 0.1) is 23.2 Å². The third-order valence-electron chi connectivity index (χ3n) is 7.49. The number of hydrogen-bond donors (Lipinski definition) is 0. The van der Waals surface area contributed by atoms with Gasteiger partial charge in [-0.25, -0.2) is 0 Å². The summed E-state index contributed by atoms with van der Waals surface area (Å²) in [6.07, 6.45) is 12.1. The SMILES string of the molecule is C=C[C@@H]1[C@@H](CCC)[C@H]2CO[C@@H](C)[C@@]12/C=C/CCCO[Si](C)(C)C(C)(C)C. The zero-order chi connectivity index (χ0) is 19.6. The summed E-state index contributed by atoms with van der Waals surface area (Å²) in [5, 5.41) is 0.295. The van der Waals surface area contributed by atoms with Crippen molar-refractivity contribution < 1.29 is 9.16 Å². The molecule has 0 bridgehead atoms. The van der Waals surface area contributed by atoms with Crippen LogP contribution in [0.2, 0.25) is 18.1 Å². The van der Waals surface area contributed by atoms with Crippen LogP contribution in [-0.4, -0.2) is 27.6 Å². The minimum atomic E-state index is -1.61. The molecule has 0 spiro atoms. The first-order valence-electron chi connectivity index (χ1n) is 10.7. The second-order valence-corrected chi connectivity index (χ2v) is 14.8. The van der Waals surface area contributed by atoms with E-state index in [-0.39, 0.29) is 5.41 Å². The van der Waals surface area contributed by atoms with Crippen LogP contribution in [0.4, 0.5) is 0 Å². The molecule has 0 aromatic heterocycles. The molecule has 2 fully saturated rings. The Bertz CT molecular complexity index is 505. The molecular weight excluding hydrogens is 336 g/mol. The van der Waals surface area contributed by atoms with E-state index >= 15 is 0 Å². The van der Waals surface area contributed by atoms with Gasteiger partial charge in [-0.1, -0.05) is 52.3 Å². The van der Waals surface area contributed by atoms with Gasteiger partial charge in [-0.2, -0.15) is 0 Å². The van der Waals surface area contributed by atoms with Crippen LogP contribution in [0.1, 0.15) is 60.3 Å². The van der Waals surface area contributed by atoms with Crippen LogP contribution >= 0.6 is 0 Å². The monoisotopic (exact) mass is 378 g/mol. The van der Waals surface area contributed by atoms with Crippen molar-refractivity contribution in [2.24, 2.45) is 23.2 Å². The molecule has 1 aliphatic carbocycles. The molecule has 0 radical (unpaired) electrons. The molecule has 5 atom stereocenters. The van der Waals surface area contributed by atoms with Crippen molar-refractivity contribution in [1.29, 1.82) is 0 Å². The average molecular weight is 379 g/mol. The Kier molecular flexibility index (Phi) is 7.01. The second kappa shape index (κ2) is 8.32. The summed E-state index contributed by atoms with van der Waals surface area (Å²) in [7, 11) is -1.61. The van der Waals surface area contributed by atoms with E-state index in [1.54, 1.807) is 0 Å². The Balaban J connectivity index is 1.89. The van der Waals surface area contributed by atoms with Gasteiger partial charge in [0.1, 0.15) is 0 Å². The number of hydrogen-bond acceptors (Lipinski definition) is 2. The molecule has 1 aliphatic heterocycles. The Morgan fingerprint density at radius 3 is 2.58 bits per heavy atom. The number of rotatable bonds is 9. The van der Waals surface area contributed by atoms with E-state index in [1.165, 1.54) is 12.8 Å². The molecule has 3 heteroatoms. The first kappa shape index (κ1) is 21.9. The Hall–Kier alpha value is -0.383. The summed E-state index contributed by atoms with van der Waals surface area (Å²) in [6.45, 7) is 22.1. The van der Waals surface area contributed by atoms with E-state index in [1.807, 2.05) is 0 Å². The lowest BCUT2D eigenvalue weighted by Crippen LogP contribution is -2.56. The van der Waals surface area contributed by atoms with E-state index in [9.17, 15) is 0 Å². The first-order valence-corrected chi connectivity index (χ1v) is 13.6. The summed E-state index contributed by atoms with van der Waals surface area (Å²) in [6, 6.07) is 0. The molecule has 0 aromatic rings. The maximum atomic E-state index is 6.30. The quantitative estimate of drug-likeness (QED) is 0.256. The molecule has 2 aliphatic rings. The molecule has 2 rings (SSSR count). The fourth-order valence-electron chi connectivity index (χ4n) is 4.85. The van der Waals surface area contributed by atoms with Gasteiger partial charge in [-0.05, 0) is 62.1 Å². The standard InChI is InChI=1S/C23H42O2Si/c1-9-14-19-20(10-2)23(18(3)24-17-21(19)23)15-12-11-13-16-25-26(7,8)22(4,5)6/h10,12,15,18-21H,2,9,11,13-14,16-17H2,1,3-8H3/b15-12+/t18-,19+,20+,21+,23-/m0/s1. The van der Waals surface area contributed by atoms with Crippen molar-refractivity contribution >= 4 is 8.32 Å². The lowest BCUT2D eigenvalue weighted by molar-refractivity contribution is -0.0471. The van der Waals surface area contributed by atoms with Crippen molar-refractivity contribution in [3.63, 3.8) is 0 Å². The molecule has 1 saturated carbocycles. The van der Waals surface area contributed by atoms with Crippen LogP contribution in [0.5, 0.6) is 0 Å². The third kappa shape index (κ3) is 3.91. The molecule has 150 valence electrons. The summed E-state index contributed by atoms with van der Waals surface area (Å²) in [4.78, 5) is 0. The van der Waals surface area contributed by atoms with Gasteiger partial charge in [0.05, 0.1) is 12.7 Å². The van der Waals surface area contributed by atoms with E-state index in [4.69, 9.17) is 9.16 Å². The predicted octanol–water partition coefficient (Wildman–Crippen LogP) is 6.60. The van der Waals surface area contributed by atoms with Gasteiger partial charge in [0, 0.05) is 12.0 Å². The van der Waals surface area contributed by atoms with Crippen LogP contribution in [-0.2, 0) is 9.16 Å². The van der Waals surface area contributed by atoms with Crippen molar-refractivity contribution in [3.8, 4) is 0 Å². The average Bonchev–Trinajstić information content (AvgIpc) is 2.81. The lowest BCUT2D eigenvalue weighted by atomic mass is 9.45. The van der Waals surface area contributed by atoms with Crippen LogP contribution < -0.4 is 0 Å². The molecule has 0 amide bonds. The molecule has 0 unspecified atom stereocenters. The molecule has 1 heterocycles. The fraction of sp³-hybridized carbons (Fsp3) is 0.826. The van der Waals surface area contributed by atoms with Gasteiger partial charge in [-0.15, -0.1) is 6.58 Å². The van der Waals surface area contributed by atoms with E-state index in [0.717, 1.165) is 32.0 Å². The molecule has 0 aromatic carbocycles. The third-order valence-corrected chi connectivity index (χ3v) is 12.0. The van der Waals surface area contributed by atoms with Crippen molar-refractivity contribution in [1.82, 2.24) is 0 Å². The first-order chi connectivity index (χ1) is 12.1. The van der Waals surface area contributed by atoms with Crippen molar-refractivity contribution in [2.45, 2.75) is 84.5 Å². The number of unbranched alkanes of at least 4 members (excludes halogenated alkanes) is 1. The Morgan fingerprint density at radius 1 is 1.31 bits per heavy atom. The highest BCUT2D eigenvalue weighted by molar-refractivity contribution is 6.74. The van der Waals surface area contributed by atoms with Crippen LogP contribution in [0.25, 0.3) is 0 Å². The topological polar surface area (TPSA) is 18.5 Å². The normalized spacial score (nSPS) is 34.7. The van der Waals surface area contributed by atoms with Gasteiger partial charge in [0.2, 0.25) is 0 Å². The fourth-order valence-corrected chi connectivity index (χ4v) is 5.94. The van der Waals surface area contributed by atoms with Crippen LogP contribution in [0.3, 0.4) is 0 Å². The second-order valence-electron chi connectivity index (χ2n) is 9.95. The van der Waals surface area contributed by atoms with Gasteiger partial charge < -0.3 is 9.16 Å². The van der Waals surface area contributed by atoms with E-state index in [2.05, 4.69) is 72.5 Å². The van der Waals surface area contributed by atoms with Crippen LogP contribution in [0.15, 0.2) is 24.8 Å². The van der Waals surface area contributed by atoms with E-state index in [0.29, 0.717) is 23.0 Å². The highest BCUT2D eigenvalue weighted by atomic mass is 28.4. The Labute approximate surface area is 163 Å². The number of allylic oxidation sites excluding steroid dienone is 2. The van der Waals surface area contributed by atoms with Gasteiger partial charge in [0.15, 0.2) is 8.32 Å². The van der Waals surface area contributed by atoms with Crippen molar-refractivity contribution in [2.75, 3.05) is 13.2 Å². The van der Waals surface area contributed by atoms with Gasteiger partial charge in [0.25, 0.3) is 0 Å². The van der Waals surface area contributed by atoms with E-state index < -0.39 is 8.32 Å². The summed E-state index contributed by atoms with van der Waals surface area (Å²) in [5.41, 5.74) is 0.196. The summed E-state index contributed by atoms with van der Waals surface area (Å²) in [5.74, 6) is 2.01. The lowest BCUT2D eigenvalue weighted by Gasteiger charge is -2.57. The summed E-state index contributed by atoms with van der Waals surface area (Å²) >= 11 is 0. The molecule has 26 heavy (non-hydrogen) atoms. The predicted molar refractivity (Wildman–Crippen MR) is 115 cm³/mol. The minimum absolute atomic E-state index is 0.196. The van der Waals surface area contributed by atoms with Crippen molar-refractivity contribution in [3.05, 3.63) is 24.8 Å². The highest BCUT2D eigenvalue weighted by Gasteiger charge is 2.64. The number of fused-ring (bicyclic) bond motifs is 1. The Morgan fingerprint density at radius 2 is 2.00 bits per heavy atom. The smallest absolute Gasteiger partial charge is 0.191 e. The molecule has 0 N–H and O–H groups in total. The largest absolute Gasteiger partial charge is 0.417 e. The zero-order valence-corrected chi connectivity index (χ0v) is 19.3. The zero-order valence-electron chi connectivity index (χ0n) is 18.3. The summed E-state index contributed by atoms with van der Waals surface area (Å²) < 4.78 is 12.4. The minimum Gasteiger partial charge on any atom is -0.417 e. The maximum Gasteiger partial charge on any atom is 0.191 e. The maximum absolute atomic E-state index is 6.30. The molecular formula is C23H42O2Si.